The van der Waals surface area contributed by atoms with Crippen molar-refractivity contribution in [1.82, 2.24) is 31.9 Å². The van der Waals surface area contributed by atoms with Gasteiger partial charge < -0.3 is 61.1 Å². The average molecular weight is 600 g/mol. The van der Waals surface area contributed by atoms with E-state index in [1.165, 1.54) is 31.9 Å². The molecule has 0 aliphatic rings. The molecule has 0 bridgehead atoms. The lowest BCUT2D eigenvalue weighted by Crippen LogP contribution is -2.71. The van der Waals surface area contributed by atoms with Crippen molar-refractivity contribution in [2.45, 2.75) is 17.5 Å². The summed E-state index contributed by atoms with van der Waals surface area (Å²) in [5, 5.41) is 37.9. The summed E-state index contributed by atoms with van der Waals surface area (Å²) in [6, 6.07) is -10.4. The molecule has 0 aromatic heterocycles. The van der Waals surface area contributed by atoms with E-state index in [1.807, 2.05) is 0 Å². The van der Waals surface area contributed by atoms with Gasteiger partial charge in [-0.1, -0.05) is 0 Å². The molecule has 12 amide bonds. The van der Waals surface area contributed by atoms with E-state index in [2.05, 4.69) is 11.4 Å². The molecular formula is C12H21AlN12O15. The summed E-state index contributed by atoms with van der Waals surface area (Å²) in [6.45, 7) is 0. The second-order valence-corrected chi connectivity index (χ2v) is 7.86. The Labute approximate surface area is 223 Å². The standard InChI is InChI=1S/3C4H8N4O5.Al/c3*5-2(11)7-4(13,1(9)10)8-3(6)12;/h3*13H,(H,9,10)(H3,5,7,11)(H3,6,8,12);/q;;;+3/p-3. The van der Waals surface area contributed by atoms with Crippen molar-refractivity contribution >= 4 is 69.2 Å². The molecule has 40 heavy (non-hydrogen) atoms. The number of amides is 12. The van der Waals surface area contributed by atoms with Crippen LogP contribution in [0.25, 0.3) is 0 Å². The fraction of sp³-hybridized carbons (Fsp3) is 0.250. The fourth-order valence-corrected chi connectivity index (χ4v) is 3.24. The molecule has 0 spiro atoms. The highest BCUT2D eigenvalue weighted by atomic mass is 27.3. The molecular weight excluding hydrogens is 579 g/mol. The second kappa shape index (κ2) is 13.3. The molecule has 28 heteroatoms. The van der Waals surface area contributed by atoms with Gasteiger partial charge >= 0.3 is 86.8 Å². The molecule has 0 rings (SSSR count). The topological polar surface area (TPSA) is 470 Å². The van der Waals surface area contributed by atoms with Crippen molar-refractivity contribution in [3.8, 4) is 0 Å². The maximum absolute atomic E-state index is 12.5. The van der Waals surface area contributed by atoms with Gasteiger partial charge in [0, 0.05) is 0 Å². The van der Waals surface area contributed by atoms with Crippen LogP contribution in [0.4, 0.5) is 28.8 Å². The zero-order chi connectivity index (χ0) is 31.6. The van der Waals surface area contributed by atoms with Crippen molar-refractivity contribution in [3.63, 3.8) is 0 Å². The lowest BCUT2D eigenvalue weighted by atomic mass is 10.4. The highest BCUT2D eigenvalue weighted by Crippen LogP contribution is 2.10. The van der Waals surface area contributed by atoms with E-state index >= 15 is 0 Å². The van der Waals surface area contributed by atoms with Crippen molar-refractivity contribution in [3.05, 3.63) is 0 Å². The number of urea groups is 6. The Morgan fingerprint density at radius 3 is 0.700 bits per heavy atom. The summed E-state index contributed by atoms with van der Waals surface area (Å²) in [5.74, 6) is -18.1. The van der Waals surface area contributed by atoms with E-state index < -0.39 is 86.8 Å². The molecule has 0 unspecified atom stereocenters. The zero-order valence-corrected chi connectivity index (χ0v) is 20.4. The molecule has 0 atom stereocenters. The van der Waals surface area contributed by atoms with Crippen LogP contribution in [0.15, 0.2) is 0 Å². The number of aliphatic hydroxyl groups is 3. The summed E-state index contributed by atoms with van der Waals surface area (Å²) in [4.78, 5) is 104. The number of rotatable bonds is 12. The molecule has 0 aliphatic heterocycles. The summed E-state index contributed by atoms with van der Waals surface area (Å²) < 4.78 is 13.2. The molecule has 0 saturated carbocycles. The highest BCUT2D eigenvalue weighted by molar-refractivity contribution is 6.45. The molecule has 0 aromatic rings. The summed E-state index contributed by atoms with van der Waals surface area (Å²) in [5.41, 5.74) is 28.4. The van der Waals surface area contributed by atoms with Gasteiger partial charge in [0.05, 0.1) is 0 Å². The molecule has 0 heterocycles. The summed E-state index contributed by atoms with van der Waals surface area (Å²) in [7, 11) is 0. The van der Waals surface area contributed by atoms with Gasteiger partial charge in [-0.2, -0.15) is 0 Å². The van der Waals surface area contributed by atoms with Crippen molar-refractivity contribution in [2.24, 2.45) is 34.4 Å². The van der Waals surface area contributed by atoms with E-state index in [9.17, 15) is 58.5 Å². The van der Waals surface area contributed by atoms with Crippen LogP contribution in [0, 0.1) is 0 Å². The maximum Gasteiger partial charge on any atom is 1.20 e. The van der Waals surface area contributed by atoms with Crippen molar-refractivity contribution < 1.29 is 69.8 Å². The van der Waals surface area contributed by atoms with E-state index in [1.54, 1.807) is 0 Å². The van der Waals surface area contributed by atoms with Gasteiger partial charge in [-0.15, -0.1) is 0 Å². The van der Waals surface area contributed by atoms with Crippen LogP contribution in [0.3, 0.4) is 0 Å². The Morgan fingerprint density at radius 2 is 0.575 bits per heavy atom. The monoisotopic (exact) mass is 600 g/mol. The van der Waals surface area contributed by atoms with Gasteiger partial charge in [-0.25, -0.2) is 43.2 Å². The second-order valence-electron chi connectivity index (χ2n) is 6.57. The Morgan fingerprint density at radius 1 is 0.425 bits per heavy atom. The SMILES string of the molecule is NC(=O)NC(O)(NC(N)=O)C(=O)[O][Al]([O]C(=O)C(O)(NC(N)=O)NC(N)=O)[O]C(=O)C(O)(NC(N)=O)NC(N)=O. The van der Waals surface area contributed by atoms with E-state index in [4.69, 9.17) is 34.4 Å². The Kier molecular flexibility index (Phi) is 11.5. The van der Waals surface area contributed by atoms with Crippen molar-refractivity contribution in [1.29, 1.82) is 0 Å². The minimum atomic E-state index is -5.16. The van der Waals surface area contributed by atoms with Crippen LogP contribution in [0.5, 0.6) is 0 Å². The van der Waals surface area contributed by atoms with E-state index in [0.29, 0.717) is 0 Å². The van der Waals surface area contributed by atoms with Gasteiger partial charge in [-0.05, 0) is 0 Å². The predicted molar refractivity (Wildman–Crippen MR) is 115 cm³/mol. The van der Waals surface area contributed by atoms with E-state index in [0.717, 1.165) is 0 Å². The third-order valence-electron chi connectivity index (χ3n) is 3.32. The molecule has 0 aromatic carbocycles. The first-order valence-electron chi connectivity index (χ1n) is 9.31. The van der Waals surface area contributed by atoms with Crippen LogP contribution in [0.1, 0.15) is 0 Å². The Bertz CT molecular complexity index is 919. The number of carbonyl (C=O) groups excluding carboxylic acids is 9. The van der Waals surface area contributed by atoms with Crippen LogP contribution in [0.2, 0.25) is 0 Å². The van der Waals surface area contributed by atoms with Crippen LogP contribution >= 0.6 is 0 Å². The minimum absolute atomic E-state index is 1.22. The first-order chi connectivity index (χ1) is 18.0. The number of carbonyl (C=O) groups is 9. The van der Waals surface area contributed by atoms with Crippen LogP contribution in [-0.2, 0) is 25.7 Å². The normalized spacial score (nSPS) is 10.9. The predicted octanol–water partition coefficient (Wildman–Crippen LogP) is -9.45. The molecule has 21 N–H and O–H groups in total. The smallest absolute Gasteiger partial charge is 0.546 e. The average Bonchev–Trinajstić information content (AvgIpc) is 2.69. The third-order valence-corrected chi connectivity index (χ3v) is 4.54. The maximum atomic E-state index is 12.5. The molecule has 0 aliphatic carbocycles. The van der Waals surface area contributed by atoms with Crippen LogP contribution in [-0.4, -0.2) is 102 Å². The van der Waals surface area contributed by atoms with Crippen molar-refractivity contribution in [2.75, 3.05) is 0 Å². The van der Waals surface area contributed by atoms with Gasteiger partial charge in [-0.3, -0.25) is 31.9 Å². The summed E-state index contributed by atoms with van der Waals surface area (Å²) >= 11 is -5.16. The highest BCUT2D eigenvalue weighted by Gasteiger charge is 2.59. The van der Waals surface area contributed by atoms with Gasteiger partial charge in [0.1, 0.15) is 0 Å². The van der Waals surface area contributed by atoms with E-state index in [-0.39, 0.29) is 0 Å². The quantitative estimate of drug-likeness (QED) is 0.0730. The number of nitrogens with one attached hydrogen (secondary N) is 6. The molecule has 0 fully saturated rings. The number of nitrogens with two attached hydrogens (primary N) is 6. The van der Waals surface area contributed by atoms with Gasteiger partial charge in [0.25, 0.3) is 0 Å². The number of primary amides is 6. The Balaban J connectivity index is 6.57. The molecule has 0 saturated heterocycles. The number of hydrogen-bond acceptors (Lipinski definition) is 15. The largest absolute Gasteiger partial charge is 1.20 e. The zero-order valence-electron chi connectivity index (χ0n) is 19.3. The fourth-order valence-electron chi connectivity index (χ4n) is 2.06. The summed E-state index contributed by atoms with van der Waals surface area (Å²) in [6.07, 6.45) is 0. The number of hydrogen-bond donors (Lipinski definition) is 15. The lowest BCUT2D eigenvalue weighted by molar-refractivity contribution is -0.177. The molecule has 222 valence electrons. The van der Waals surface area contributed by atoms with Crippen LogP contribution < -0.4 is 66.3 Å². The van der Waals surface area contributed by atoms with Gasteiger partial charge in [0.2, 0.25) is 0 Å². The van der Waals surface area contributed by atoms with Gasteiger partial charge in [0.15, 0.2) is 0 Å². The first kappa shape index (κ1) is 34.4. The Hall–Kier alpha value is -5.56. The minimum Gasteiger partial charge on any atom is -0.546 e. The lowest BCUT2D eigenvalue weighted by Gasteiger charge is -2.30. The third kappa shape index (κ3) is 10.8. The molecule has 27 nitrogen and oxygen atoms in total. The first-order valence-corrected chi connectivity index (χ1v) is 10.7. The molecule has 0 radical (unpaired) electrons.